The molecule has 3 atom stereocenters. The molecule has 1 saturated carbocycles. The van der Waals surface area contributed by atoms with Crippen molar-refractivity contribution in [1.29, 1.82) is 0 Å². The molecule has 32 heavy (non-hydrogen) atoms. The first-order valence-corrected chi connectivity index (χ1v) is 11.9. The Kier molecular flexibility index (Phi) is 6.37. The van der Waals surface area contributed by atoms with Gasteiger partial charge in [0.05, 0.1) is 12.1 Å². The Morgan fingerprint density at radius 2 is 1.88 bits per heavy atom. The zero-order valence-corrected chi connectivity index (χ0v) is 18.6. The number of rotatable bonds is 7. The van der Waals surface area contributed by atoms with Gasteiger partial charge in [0.25, 0.3) is 0 Å². The van der Waals surface area contributed by atoms with Crippen LogP contribution in [0.15, 0.2) is 36.4 Å². The minimum Gasteiger partial charge on any atom is -0.381 e. The molecule has 5 rings (SSSR count). The minimum atomic E-state index is -0.333. The molecule has 3 N–H and O–H groups in total. The molecule has 1 unspecified atom stereocenters. The van der Waals surface area contributed by atoms with Gasteiger partial charge in [0.2, 0.25) is 5.91 Å². The number of carbonyl (C=O) groups excluding carboxylic acids is 1. The van der Waals surface area contributed by atoms with Gasteiger partial charge in [-0.2, -0.15) is 0 Å². The van der Waals surface area contributed by atoms with Crippen molar-refractivity contribution in [3.8, 4) is 11.3 Å². The van der Waals surface area contributed by atoms with Crippen molar-refractivity contribution in [3.63, 3.8) is 0 Å². The summed E-state index contributed by atoms with van der Waals surface area (Å²) in [7, 11) is 0. The second-order valence-corrected chi connectivity index (χ2v) is 9.75. The van der Waals surface area contributed by atoms with E-state index in [4.69, 9.17) is 10.5 Å². The van der Waals surface area contributed by atoms with E-state index in [-0.39, 0.29) is 12.3 Å². The Balaban J connectivity index is 1.13. The number of nitrogens with zero attached hydrogens (tertiary/aromatic N) is 3. The number of hydrogen-bond acceptors (Lipinski definition) is 6. The molecule has 170 valence electrons. The van der Waals surface area contributed by atoms with Crippen LogP contribution in [0, 0.1) is 17.8 Å². The average molecular weight is 436 g/mol. The van der Waals surface area contributed by atoms with E-state index >= 15 is 0 Å². The maximum Gasteiger partial charge on any atom is 0.221 e. The van der Waals surface area contributed by atoms with Crippen LogP contribution in [0.25, 0.3) is 11.3 Å². The summed E-state index contributed by atoms with van der Waals surface area (Å²) in [5.74, 6) is 2.92. The molecule has 2 aromatic rings. The average Bonchev–Trinajstić information content (AvgIpc) is 3.32. The van der Waals surface area contributed by atoms with Crippen molar-refractivity contribution in [2.24, 2.45) is 23.5 Å². The lowest BCUT2D eigenvalue weighted by atomic mass is 10.00. The van der Waals surface area contributed by atoms with Crippen LogP contribution >= 0.6 is 0 Å². The molecule has 0 bridgehead atoms. The third-order valence-electron chi connectivity index (χ3n) is 7.30. The number of fused-ring (bicyclic) bond motifs is 1. The number of anilines is 1. The van der Waals surface area contributed by atoms with Crippen molar-refractivity contribution in [3.05, 3.63) is 42.0 Å². The monoisotopic (exact) mass is 435 g/mol. The largest absolute Gasteiger partial charge is 0.381 e. The summed E-state index contributed by atoms with van der Waals surface area (Å²) in [6.07, 6.45) is 5.11. The Morgan fingerprint density at radius 1 is 1.09 bits per heavy atom. The van der Waals surface area contributed by atoms with E-state index in [2.05, 4.69) is 20.4 Å². The lowest BCUT2D eigenvalue weighted by molar-refractivity contribution is -0.117. The van der Waals surface area contributed by atoms with Gasteiger partial charge in [-0.25, -0.2) is 0 Å². The molecule has 7 nitrogen and oxygen atoms in total. The molecule has 3 heterocycles. The molecular weight excluding hydrogens is 402 g/mol. The van der Waals surface area contributed by atoms with Gasteiger partial charge >= 0.3 is 0 Å². The highest BCUT2D eigenvalue weighted by atomic mass is 16.5. The summed E-state index contributed by atoms with van der Waals surface area (Å²) < 4.78 is 5.51. The third kappa shape index (κ3) is 5.10. The zero-order valence-electron chi connectivity index (χ0n) is 18.6. The molecule has 2 saturated heterocycles. The lowest BCUT2D eigenvalue weighted by Crippen LogP contribution is -2.32. The van der Waals surface area contributed by atoms with E-state index in [0.717, 1.165) is 53.6 Å². The number of nitrogens with two attached hydrogens (primary N) is 1. The number of amides is 1. The van der Waals surface area contributed by atoms with Gasteiger partial charge in [-0.3, -0.25) is 4.79 Å². The number of hydrogen-bond donors (Lipinski definition) is 2. The fourth-order valence-corrected chi connectivity index (χ4v) is 5.77. The summed E-state index contributed by atoms with van der Waals surface area (Å²) in [4.78, 5) is 13.9. The van der Waals surface area contributed by atoms with E-state index in [1.165, 1.54) is 45.3 Å². The molecule has 0 radical (unpaired) electrons. The van der Waals surface area contributed by atoms with E-state index < -0.39 is 0 Å². The molecule has 1 aliphatic carbocycles. The van der Waals surface area contributed by atoms with Crippen LogP contribution in [0.4, 0.5) is 5.82 Å². The van der Waals surface area contributed by atoms with E-state index in [0.29, 0.717) is 6.04 Å². The number of likely N-dealkylation sites (tertiary alicyclic amines) is 1. The number of carbonyl (C=O) groups is 1. The maximum atomic E-state index is 11.2. The van der Waals surface area contributed by atoms with E-state index in [1.54, 1.807) is 0 Å². The van der Waals surface area contributed by atoms with Crippen LogP contribution in [-0.4, -0.2) is 59.9 Å². The van der Waals surface area contributed by atoms with Gasteiger partial charge in [0.1, 0.15) is 5.82 Å². The van der Waals surface area contributed by atoms with Crippen LogP contribution in [0.2, 0.25) is 0 Å². The molecular formula is C25H33N5O2. The standard InChI is InChI=1S/C25H33N5O2/c26-24(31)11-18-2-1-3-19(10-18)23-4-5-25(29-28-23)27-22-12-20-15-30(16-21(20)13-22)14-17-6-8-32-9-7-17/h1-5,10,17,20-22H,6-9,11-16H2,(H2,26,31)(H,27,29)/t20-,21+,22?. The molecule has 2 aliphatic heterocycles. The highest BCUT2D eigenvalue weighted by Gasteiger charge is 2.41. The van der Waals surface area contributed by atoms with Crippen molar-refractivity contribution in [2.45, 2.75) is 38.1 Å². The second kappa shape index (κ2) is 9.55. The van der Waals surface area contributed by atoms with Gasteiger partial charge in [-0.15, -0.1) is 10.2 Å². The second-order valence-electron chi connectivity index (χ2n) is 9.75. The molecule has 1 amide bonds. The summed E-state index contributed by atoms with van der Waals surface area (Å²) >= 11 is 0. The van der Waals surface area contributed by atoms with Crippen LogP contribution in [0.5, 0.6) is 0 Å². The van der Waals surface area contributed by atoms with Crippen LogP contribution in [0.1, 0.15) is 31.2 Å². The Labute approximate surface area is 189 Å². The van der Waals surface area contributed by atoms with Gasteiger partial charge in [-0.1, -0.05) is 18.2 Å². The normalized spacial score (nSPS) is 26.2. The summed E-state index contributed by atoms with van der Waals surface area (Å²) in [6.45, 7) is 5.62. The minimum absolute atomic E-state index is 0.234. The SMILES string of the molecule is NC(=O)Cc1cccc(-c2ccc(NC3C[C@@H]4CN(CC5CCOCC5)C[C@@H]4C3)nn2)c1. The molecule has 3 aliphatic rings. The summed E-state index contributed by atoms with van der Waals surface area (Å²) in [5, 5.41) is 12.4. The Hall–Kier alpha value is -2.51. The number of benzene rings is 1. The predicted molar refractivity (Wildman–Crippen MR) is 124 cm³/mol. The van der Waals surface area contributed by atoms with Gasteiger partial charge in [-0.05, 0) is 67.2 Å². The Bertz CT molecular complexity index is 914. The Morgan fingerprint density at radius 3 is 2.56 bits per heavy atom. The van der Waals surface area contributed by atoms with Crippen LogP contribution in [0.3, 0.4) is 0 Å². The quantitative estimate of drug-likeness (QED) is 0.695. The van der Waals surface area contributed by atoms with Crippen LogP contribution in [-0.2, 0) is 16.0 Å². The number of aromatic nitrogens is 2. The topological polar surface area (TPSA) is 93.4 Å². The molecule has 0 spiro atoms. The molecule has 1 aromatic heterocycles. The lowest BCUT2D eigenvalue weighted by Gasteiger charge is -2.27. The summed E-state index contributed by atoms with van der Waals surface area (Å²) in [6, 6.07) is 12.2. The van der Waals surface area contributed by atoms with Crippen molar-refractivity contribution >= 4 is 11.7 Å². The first kappa shape index (κ1) is 21.3. The number of nitrogens with one attached hydrogen (secondary N) is 1. The fraction of sp³-hybridized carbons (Fsp3) is 0.560. The van der Waals surface area contributed by atoms with Gasteiger partial charge in [0.15, 0.2) is 0 Å². The van der Waals surface area contributed by atoms with Gasteiger partial charge in [0, 0.05) is 44.5 Å². The fourth-order valence-electron chi connectivity index (χ4n) is 5.77. The molecule has 1 aromatic carbocycles. The smallest absolute Gasteiger partial charge is 0.221 e. The molecule has 3 fully saturated rings. The maximum absolute atomic E-state index is 11.2. The first-order chi connectivity index (χ1) is 15.6. The highest BCUT2D eigenvalue weighted by Crippen LogP contribution is 2.39. The molecule has 7 heteroatoms. The highest BCUT2D eigenvalue weighted by molar-refractivity contribution is 5.77. The zero-order chi connectivity index (χ0) is 21.9. The third-order valence-corrected chi connectivity index (χ3v) is 7.30. The van der Waals surface area contributed by atoms with Crippen LogP contribution < -0.4 is 11.1 Å². The number of ether oxygens (including phenoxy) is 1. The van der Waals surface area contributed by atoms with Crippen molar-refractivity contribution in [1.82, 2.24) is 15.1 Å². The summed E-state index contributed by atoms with van der Waals surface area (Å²) in [5.41, 5.74) is 7.95. The van der Waals surface area contributed by atoms with Gasteiger partial charge < -0.3 is 20.7 Å². The first-order valence-electron chi connectivity index (χ1n) is 11.9. The van der Waals surface area contributed by atoms with Crippen molar-refractivity contribution < 1.29 is 9.53 Å². The predicted octanol–water partition coefficient (Wildman–Crippen LogP) is 2.72. The number of primary amides is 1. The van der Waals surface area contributed by atoms with E-state index in [9.17, 15) is 4.79 Å². The van der Waals surface area contributed by atoms with E-state index in [1.807, 2.05) is 36.4 Å². The van der Waals surface area contributed by atoms with Crippen molar-refractivity contribution in [2.75, 3.05) is 38.2 Å².